The molecule has 182 valence electrons. The number of benzene rings is 4. The van der Waals surface area contributed by atoms with Gasteiger partial charge in [-0.05, 0) is 54.1 Å². The highest BCUT2D eigenvalue weighted by Gasteiger charge is 2.43. The van der Waals surface area contributed by atoms with Crippen molar-refractivity contribution in [3.63, 3.8) is 0 Å². The van der Waals surface area contributed by atoms with Crippen molar-refractivity contribution in [2.75, 3.05) is 9.80 Å². The molecule has 0 spiro atoms. The van der Waals surface area contributed by atoms with E-state index in [2.05, 4.69) is 0 Å². The first-order valence-corrected chi connectivity index (χ1v) is 11.9. The minimum absolute atomic E-state index is 0.161. The third-order valence-corrected chi connectivity index (χ3v) is 6.02. The maximum absolute atomic E-state index is 13.6. The first-order valence-electron chi connectivity index (χ1n) is 11.5. The lowest BCUT2D eigenvalue weighted by molar-refractivity contribution is -0.121. The standard InChI is InChI=1S/C30H21ClN2O4/c31-23-12-9-10-21(18-23)20-37-27-17-8-7-11-22(27)19-26-28(34)32(24-13-3-1-4-14-24)30(36)33(29(26)35)25-15-5-2-6-16-25/h1-19H,20H2. The number of hydrogen-bond donors (Lipinski definition) is 0. The van der Waals surface area contributed by atoms with E-state index in [1.165, 1.54) is 6.08 Å². The number of nitrogens with zero attached hydrogens (tertiary/aromatic N) is 2. The Labute approximate surface area is 219 Å². The quantitative estimate of drug-likeness (QED) is 0.220. The number of amides is 4. The Morgan fingerprint density at radius 2 is 1.24 bits per heavy atom. The second-order valence-corrected chi connectivity index (χ2v) is 8.69. The minimum atomic E-state index is -0.741. The zero-order valence-electron chi connectivity index (χ0n) is 19.6. The van der Waals surface area contributed by atoms with Crippen LogP contribution < -0.4 is 14.5 Å². The van der Waals surface area contributed by atoms with E-state index in [1.54, 1.807) is 97.1 Å². The average Bonchev–Trinajstić information content (AvgIpc) is 2.92. The van der Waals surface area contributed by atoms with Gasteiger partial charge in [-0.2, -0.15) is 0 Å². The van der Waals surface area contributed by atoms with Gasteiger partial charge in [0.1, 0.15) is 17.9 Å². The van der Waals surface area contributed by atoms with Crippen molar-refractivity contribution in [2.24, 2.45) is 0 Å². The number of rotatable bonds is 6. The van der Waals surface area contributed by atoms with Crippen LogP contribution in [-0.2, 0) is 16.2 Å². The van der Waals surface area contributed by atoms with E-state index >= 15 is 0 Å². The van der Waals surface area contributed by atoms with Crippen molar-refractivity contribution < 1.29 is 19.1 Å². The number of imide groups is 2. The van der Waals surface area contributed by atoms with E-state index in [4.69, 9.17) is 16.3 Å². The number of hydrogen-bond acceptors (Lipinski definition) is 4. The average molecular weight is 509 g/mol. The van der Waals surface area contributed by atoms with Gasteiger partial charge in [-0.1, -0.05) is 78.3 Å². The van der Waals surface area contributed by atoms with Crippen molar-refractivity contribution >= 4 is 46.9 Å². The summed E-state index contributed by atoms with van der Waals surface area (Å²) in [5.74, 6) is -0.943. The molecule has 0 aromatic heterocycles. The molecule has 1 heterocycles. The predicted molar refractivity (Wildman–Crippen MR) is 143 cm³/mol. The fourth-order valence-electron chi connectivity index (χ4n) is 4.01. The van der Waals surface area contributed by atoms with Crippen molar-refractivity contribution in [1.82, 2.24) is 0 Å². The van der Waals surface area contributed by atoms with Crippen LogP contribution in [0.15, 0.2) is 115 Å². The third-order valence-electron chi connectivity index (χ3n) is 5.78. The molecule has 0 saturated carbocycles. The van der Waals surface area contributed by atoms with Crippen LogP contribution in [0.4, 0.5) is 16.2 Å². The molecule has 1 fully saturated rings. The van der Waals surface area contributed by atoms with E-state index in [0.717, 1.165) is 15.4 Å². The van der Waals surface area contributed by atoms with Crippen molar-refractivity contribution in [3.05, 3.63) is 131 Å². The highest BCUT2D eigenvalue weighted by atomic mass is 35.5. The van der Waals surface area contributed by atoms with E-state index < -0.39 is 17.8 Å². The summed E-state index contributed by atoms with van der Waals surface area (Å²) in [5.41, 5.74) is 1.96. The molecule has 37 heavy (non-hydrogen) atoms. The molecule has 0 atom stereocenters. The van der Waals surface area contributed by atoms with Crippen molar-refractivity contribution in [2.45, 2.75) is 6.61 Å². The second kappa shape index (κ2) is 10.5. The number of carbonyl (C=O) groups is 3. The summed E-state index contributed by atoms with van der Waals surface area (Å²) < 4.78 is 6.01. The van der Waals surface area contributed by atoms with Gasteiger partial charge in [-0.15, -0.1) is 0 Å². The van der Waals surface area contributed by atoms with Gasteiger partial charge in [-0.25, -0.2) is 14.6 Å². The zero-order chi connectivity index (χ0) is 25.8. The molecular weight excluding hydrogens is 488 g/mol. The molecule has 4 aromatic carbocycles. The molecule has 0 radical (unpaired) electrons. The van der Waals surface area contributed by atoms with Crippen LogP contribution in [-0.4, -0.2) is 17.8 Å². The number of carbonyl (C=O) groups excluding carboxylic acids is 3. The summed E-state index contributed by atoms with van der Waals surface area (Å²) in [6.07, 6.45) is 1.47. The fourth-order valence-corrected chi connectivity index (χ4v) is 4.23. The molecular formula is C30H21ClN2O4. The number of urea groups is 1. The summed E-state index contributed by atoms with van der Waals surface area (Å²) in [6.45, 7) is 0.243. The highest BCUT2D eigenvalue weighted by molar-refractivity contribution is 6.46. The van der Waals surface area contributed by atoms with Crippen LogP contribution in [0.5, 0.6) is 5.75 Å². The summed E-state index contributed by atoms with van der Waals surface area (Å²) in [7, 11) is 0. The minimum Gasteiger partial charge on any atom is -0.488 e. The van der Waals surface area contributed by atoms with Gasteiger partial charge in [0.2, 0.25) is 0 Å². The molecule has 1 aliphatic rings. The Hall–Kier alpha value is -4.68. The van der Waals surface area contributed by atoms with Crippen LogP contribution in [0.1, 0.15) is 11.1 Å². The Morgan fingerprint density at radius 3 is 1.84 bits per heavy atom. The summed E-state index contributed by atoms with van der Waals surface area (Å²) in [6, 6.07) is 30.7. The molecule has 0 aliphatic carbocycles. The van der Waals surface area contributed by atoms with Gasteiger partial charge >= 0.3 is 6.03 Å². The molecule has 4 aromatic rings. The van der Waals surface area contributed by atoms with Gasteiger partial charge in [0.05, 0.1) is 11.4 Å². The van der Waals surface area contributed by atoms with Gasteiger partial charge < -0.3 is 4.74 Å². The highest BCUT2D eigenvalue weighted by Crippen LogP contribution is 2.31. The maximum Gasteiger partial charge on any atom is 0.343 e. The Bertz CT molecular complexity index is 1440. The largest absolute Gasteiger partial charge is 0.488 e. The summed E-state index contributed by atoms with van der Waals surface area (Å²) in [5, 5.41) is 0.599. The molecule has 4 amide bonds. The second-order valence-electron chi connectivity index (χ2n) is 8.25. The summed E-state index contributed by atoms with van der Waals surface area (Å²) in [4.78, 5) is 42.6. The lowest BCUT2D eigenvalue weighted by Gasteiger charge is -2.34. The number of halogens is 1. The SMILES string of the molecule is O=C1C(=Cc2ccccc2OCc2cccc(Cl)c2)C(=O)N(c2ccccc2)C(=O)N1c1ccccc1. The van der Waals surface area contributed by atoms with Crippen LogP contribution >= 0.6 is 11.6 Å². The third kappa shape index (κ3) is 5.01. The van der Waals surface area contributed by atoms with Gasteiger partial charge in [-0.3, -0.25) is 9.59 Å². The maximum atomic E-state index is 13.6. The molecule has 0 bridgehead atoms. The molecule has 0 unspecified atom stereocenters. The van der Waals surface area contributed by atoms with Crippen LogP contribution in [0.2, 0.25) is 5.02 Å². The molecule has 1 aliphatic heterocycles. The normalized spacial score (nSPS) is 13.6. The van der Waals surface area contributed by atoms with Gasteiger partial charge in [0.15, 0.2) is 0 Å². The molecule has 5 rings (SSSR count). The molecule has 1 saturated heterocycles. The van der Waals surface area contributed by atoms with Gasteiger partial charge in [0.25, 0.3) is 11.8 Å². The Morgan fingerprint density at radius 1 is 0.676 bits per heavy atom. The lowest BCUT2D eigenvalue weighted by Crippen LogP contribution is -2.57. The molecule has 7 heteroatoms. The first-order chi connectivity index (χ1) is 18.0. The molecule has 6 nitrogen and oxygen atoms in total. The number of ether oxygens (including phenoxy) is 1. The van der Waals surface area contributed by atoms with Crippen molar-refractivity contribution in [3.8, 4) is 5.75 Å². The monoisotopic (exact) mass is 508 g/mol. The van der Waals surface area contributed by atoms with Crippen LogP contribution in [0.3, 0.4) is 0 Å². The van der Waals surface area contributed by atoms with Crippen LogP contribution in [0, 0.1) is 0 Å². The fraction of sp³-hybridized carbons (Fsp3) is 0.0333. The smallest absolute Gasteiger partial charge is 0.343 e. The van der Waals surface area contributed by atoms with Crippen molar-refractivity contribution in [1.29, 1.82) is 0 Å². The molecule has 0 N–H and O–H groups in total. The number of anilines is 2. The van der Waals surface area contributed by atoms with E-state index in [9.17, 15) is 14.4 Å². The van der Waals surface area contributed by atoms with E-state index in [0.29, 0.717) is 27.7 Å². The van der Waals surface area contributed by atoms with Crippen LogP contribution in [0.25, 0.3) is 6.08 Å². The summed E-state index contributed by atoms with van der Waals surface area (Å²) >= 11 is 6.08. The zero-order valence-corrected chi connectivity index (χ0v) is 20.3. The Kier molecular flexibility index (Phi) is 6.83. The number of barbiturate groups is 1. The van der Waals surface area contributed by atoms with Gasteiger partial charge in [0, 0.05) is 10.6 Å². The lowest BCUT2D eigenvalue weighted by atomic mass is 10.0. The van der Waals surface area contributed by atoms with E-state index in [-0.39, 0.29) is 12.2 Å². The predicted octanol–water partition coefficient (Wildman–Crippen LogP) is 6.50. The topological polar surface area (TPSA) is 66.9 Å². The Balaban J connectivity index is 1.55. The van der Waals surface area contributed by atoms with E-state index in [1.807, 2.05) is 12.1 Å². The first kappa shape index (κ1) is 24.0. The number of para-hydroxylation sites is 3.